The molecule has 6 heteroatoms. The fraction of sp³-hybridized carbons (Fsp3) is 0.0714. The van der Waals surface area contributed by atoms with Crippen LogP contribution in [0.3, 0.4) is 0 Å². The van der Waals surface area contributed by atoms with Crippen molar-refractivity contribution in [2.75, 3.05) is 0 Å². The summed E-state index contributed by atoms with van der Waals surface area (Å²) >= 11 is 6.01. The van der Waals surface area contributed by atoms with E-state index >= 15 is 0 Å². The summed E-state index contributed by atoms with van der Waals surface area (Å²) in [6.07, 6.45) is 1.47. The third-order valence-electron chi connectivity index (χ3n) is 3.31. The second kappa shape index (κ2) is 4.54. The molecule has 0 fully saturated rings. The molecule has 0 saturated carbocycles. The number of fused-ring (bicyclic) bond motifs is 2. The average molecular weight is 307 g/mol. The Morgan fingerprint density at radius 2 is 1.60 bits per heavy atom. The molecular weight excluding hydrogens is 300 g/mol. The number of allylic oxidation sites excluding steroid dienone is 4. The Morgan fingerprint density at radius 3 is 2.20 bits per heavy atom. The standard InChI is InChI=1S/C14H7ClO4S/c15-12-10(20(18)19)6-5-9-11(12)14(17)8-4-2-1-3-7(8)13(9)16/h1-5H,6H2. The van der Waals surface area contributed by atoms with Crippen molar-refractivity contribution in [3.63, 3.8) is 0 Å². The third-order valence-corrected chi connectivity index (χ3v) is 4.62. The van der Waals surface area contributed by atoms with Gasteiger partial charge in [-0.15, -0.1) is 0 Å². The van der Waals surface area contributed by atoms with Crippen molar-refractivity contribution in [3.8, 4) is 0 Å². The average Bonchev–Trinajstić information content (AvgIpc) is 2.44. The maximum absolute atomic E-state index is 12.4. The molecule has 0 spiro atoms. The maximum Gasteiger partial charge on any atom is 0.219 e. The summed E-state index contributed by atoms with van der Waals surface area (Å²) in [7, 11) is -2.51. The Morgan fingerprint density at radius 1 is 1.00 bits per heavy atom. The fourth-order valence-electron chi connectivity index (χ4n) is 2.37. The monoisotopic (exact) mass is 306 g/mol. The first-order valence-corrected chi connectivity index (χ1v) is 7.22. The van der Waals surface area contributed by atoms with Gasteiger partial charge in [-0.1, -0.05) is 41.9 Å². The Hall–Kier alpha value is -1.98. The predicted molar refractivity (Wildman–Crippen MR) is 74.6 cm³/mol. The van der Waals surface area contributed by atoms with Crippen LogP contribution in [0.2, 0.25) is 0 Å². The zero-order valence-electron chi connectivity index (χ0n) is 10.0. The molecule has 2 aliphatic rings. The summed E-state index contributed by atoms with van der Waals surface area (Å²) in [5, 5.41) is -0.149. The highest BCUT2D eigenvalue weighted by Crippen LogP contribution is 2.36. The van der Waals surface area contributed by atoms with E-state index in [1.807, 2.05) is 0 Å². The van der Waals surface area contributed by atoms with E-state index in [-0.39, 0.29) is 38.8 Å². The lowest BCUT2D eigenvalue weighted by molar-refractivity contribution is 0.0972. The van der Waals surface area contributed by atoms with Crippen LogP contribution in [0.5, 0.6) is 0 Å². The van der Waals surface area contributed by atoms with E-state index < -0.39 is 16.1 Å². The molecule has 0 aliphatic heterocycles. The van der Waals surface area contributed by atoms with Gasteiger partial charge in [-0.05, 0) is 0 Å². The van der Waals surface area contributed by atoms with E-state index in [4.69, 9.17) is 11.6 Å². The van der Waals surface area contributed by atoms with Gasteiger partial charge in [-0.25, -0.2) is 0 Å². The van der Waals surface area contributed by atoms with Gasteiger partial charge >= 0.3 is 0 Å². The lowest BCUT2D eigenvalue weighted by atomic mass is 9.79. The lowest BCUT2D eigenvalue weighted by Crippen LogP contribution is -2.27. The van der Waals surface area contributed by atoms with Gasteiger partial charge in [0.25, 0.3) is 0 Å². The summed E-state index contributed by atoms with van der Waals surface area (Å²) in [6, 6.07) is 6.43. The first-order valence-electron chi connectivity index (χ1n) is 5.76. The van der Waals surface area contributed by atoms with Crippen molar-refractivity contribution in [2.45, 2.75) is 6.42 Å². The second-order valence-corrected chi connectivity index (χ2v) is 5.71. The van der Waals surface area contributed by atoms with Crippen molar-refractivity contribution in [3.05, 3.63) is 57.6 Å². The molecule has 20 heavy (non-hydrogen) atoms. The molecule has 0 bridgehead atoms. The van der Waals surface area contributed by atoms with Crippen molar-refractivity contribution >= 4 is 38.3 Å². The number of hydrogen-bond donors (Lipinski definition) is 0. The molecule has 0 saturated heterocycles. The number of ketones is 2. The normalized spacial score (nSPS) is 17.6. The SMILES string of the molecule is O=C1C2=CCC(=S(=O)=O)C(Cl)=C2C(=O)c2ccccc21. The van der Waals surface area contributed by atoms with Gasteiger partial charge in [0.05, 0.1) is 15.5 Å². The summed E-state index contributed by atoms with van der Waals surface area (Å²) in [6.45, 7) is 0. The molecule has 0 atom stereocenters. The quantitative estimate of drug-likeness (QED) is 0.687. The van der Waals surface area contributed by atoms with E-state index in [0.717, 1.165) is 0 Å². The summed E-state index contributed by atoms with van der Waals surface area (Å²) in [5.41, 5.74) is 0.748. The van der Waals surface area contributed by atoms with E-state index in [1.165, 1.54) is 12.1 Å². The molecule has 100 valence electrons. The van der Waals surface area contributed by atoms with Gasteiger partial charge in [0.2, 0.25) is 10.3 Å². The molecule has 0 aromatic heterocycles. The first kappa shape index (κ1) is 13.0. The van der Waals surface area contributed by atoms with Gasteiger partial charge in [-0.2, -0.15) is 8.42 Å². The van der Waals surface area contributed by atoms with Crippen molar-refractivity contribution in [1.82, 2.24) is 0 Å². The van der Waals surface area contributed by atoms with Gasteiger partial charge in [0, 0.05) is 23.1 Å². The van der Waals surface area contributed by atoms with E-state index in [0.29, 0.717) is 5.56 Å². The molecule has 2 aliphatic carbocycles. The Bertz CT molecular complexity index is 864. The highest BCUT2D eigenvalue weighted by molar-refractivity contribution is 7.73. The molecule has 4 nitrogen and oxygen atoms in total. The number of hydrogen-bond acceptors (Lipinski definition) is 4. The van der Waals surface area contributed by atoms with Gasteiger partial charge in [0.15, 0.2) is 11.6 Å². The summed E-state index contributed by atoms with van der Waals surface area (Å²) in [4.78, 5) is 24.7. The summed E-state index contributed by atoms with van der Waals surface area (Å²) < 4.78 is 22.2. The third kappa shape index (κ3) is 1.71. The number of Topliss-reactive ketones (excluding diaryl/α,β-unsaturated/α-hetero) is 2. The Labute approximate surface area is 120 Å². The van der Waals surface area contributed by atoms with Crippen LogP contribution in [0.15, 0.2) is 46.5 Å². The Kier molecular flexibility index (Phi) is 2.96. The number of benzene rings is 1. The Balaban J connectivity index is 2.36. The van der Waals surface area contributed by atoms with Crippen LogP contribution in [0.25, 0.3) is 0 Å². The molecule has 0 unspecified atom stereocenters. The van der Waals surface area contributed by atoms with Crippen LogP contribution in [-0.2, 0) is 10.3 Å². The van der Waals surface area contributed by atoms with Crippen molar-refractivity contribution in [1.29, 1.82) is 0 Å². The minimum atomic E-state index is -2.51. The highest BCUT2D eigenvalue weighted by atomic mass is 35.5. The first-order chi connectivity index (χ1) is 9.52. The van der Waals surface area contributed by atoms with E-state index in [9.17, 15) is 18.0 Å². The molecule has 0 amide bonds. The van der Waals surface area contributed by atoms with Crippen LogP contribution in [-0.4, -0.2) is 24.8 Å². The summed E-state index contributed by atoms with van der Waals surface area (Å²) in [5.74, 6) is -0.719. The maximum atomic E-state index is 12.4. The van der Waals surface area contributed by atoms with Crippen LogP contribution >= 0.6 is 11.6 Å². The van der Waals surface area contributed by atoms with Gasteiger partial charge < -0.3 is 0 Å². The second-order valence-electron chi connectivity index (χ2n) is 4.37. The van der Waals surface area contributed by atoms with E-state index in [1.54, 1.807) is 18.2 Å². The largest absolute Gasteiger partial charge is 0.289 e. The number of carbonyl (C=O) groups is 2. The lowest BCUT2D eigenvalue weighted by Gasteiger charge is -2.23. The molecule has 0 heterocycles. The van der Waals surface area contributed by atoms with Crippen LogP contribution in [0.1, 0.15) is 27.1 Å². The zero-order valence-corrected chi connectivity index (χ0v) is 11.6. The van der Waals surface area contributed by atoms with Crippen LogP contribution in [0.4, 0.5) is 0 Å². The van der Waals surface area contributed by atoms with Gasteiger partial charge in [0.1, 0.15) is 0 Å². The number of rotatable bonds is 0. The van der Waals surface area contributed by atoms with Crippen LogP contribution in [0, 0.1) is 0 Å². The van der Waals surface area contributed by atoms with Crippen molar-refractivity contribution < 1.29 is 18.0 Å². The molecule has 0 radical (unpaired) electrons. The smallest absolute Gasteiger partial charge is 0.219 e. The zero-order chi connectivity index (χ0) is 14.4. The molecule has 0 N–H and O–H groups in total. The number of carbonyl (C=O) groups excluding carboxylic acids is 2. The van der Waals surface area contributed by atoms with Crippen LogP contribution < -0.4 is 0 Å². The minimum Gasteiger partial charge on any atom is -0.289 e. The molecular formula is C14H7ClO4S. The van der Waals surface area contributed by atoms with Gasteiger partial charge in [-0.3, -0.25) is 9.59 Å². The predicted octanol–water partition coefficient (Wildman–Crippen LogP) is 1.94. The molecule has 1 aromatic rings. The van der Waals surface area contributed by atoms with Crippen molar-refractivity contribution in [2.24, 2.45) is 0 Å². The highest BCUT2D eigenvalue weighted by Gasteiger charge is 2.36. The fourth-order valence-corrected chi connectivity index (χ4v) is 3.29. The minimum absolute atomic E-state index is 0.0131. The van der Waals surface area contributed by atoms with E-state index in [2.05, 4.69) is 0 Å². The number of halogens is 1. The topological polar surface area (TPSA) is 68.3 Å². The molecule has 1 aromatic carbocycles. The molecule has 3 rings (SSSR count).